The van der Waals surface area contributed by atoms with Crippen molar-refractivity contribution in [2.24, 2.45) is 0 Å². The summed E-state index contributed by atoms with van der Waals surface area (Å²) in [6.07, 6.45) is 2.78. The van der Waals surface area contributed by atoms with Gasteiger partial charge < -0.3 is 4.74 Å². The van der Waals surface area contributed by atoms with Gasteiger partial charge in [-0.3, -0.25) is 10.1 Å². The number of thioether (sulfide) groups is 1. The highest BCUT2D eigenvalue weighted by atomic mass is 32.2. The Morgan fingerprint density at radius 1 is 1.43 bits per heavy atom. The monoisotopic (exact) mass is 307 g/mol. The summed E-state index contributed by atoms with van der Waals surface area (Å²) >= 11 is 1.95. The second-order valence-electron chi connectivity index (χ2n) is 6.03. The van der Waals surface area contributed by atoms with Gasteiger partial charge in [0.1, 0.15) is 5.54 Å². The standard InChI is InChI=1S/C17H25NO2S/c1-13(2)18-17(16(19)20-3)10-9-15(11-17)21-12-14-7-5-4-6-8-14/h4-8,13,15,18H,9-12H2,1-3H3. The minimum absolute atomic E-state index is 0.112. The van der Waals surface area contributed by atoms with Crippen LogP contribution in [0.5, 0.6) is 0 Å². The fourth-order valence-corrected chi connectivity index (χ4v) is 4.36. The molecular formula is C17H25NO2S. The Morgan fingerprint density at radius 2 is 2.14 bits per heavy atom. The fourth-order valence-electron chi connectivity index (χ4n) is 3.05. The van der Waals surface area contributed by atoms with E-state index < -0.39 is 5.54 Å². The highest BCUT2D eigenvalue weighted by Crippen LogP contribution is 2.39. The SMILES string of the molecule is COC(=O)C1(NC(C)C)CCC(SCc2ccccc2)C1. The first kappa shape index (κ1) is 16.4. The average molecular weight is 307 g/mol. The van der Waals surface area contributed by atoms with Gasteiger partial charge in [-0.15, -0.1) is 0 Å². The molecular weight excluding hydrogens is 282 g/mol. The molecule has 0 spiro atoms. The molecule has 1 saturated carbocycles. The number of esters is 1. The summed E-state index contributed by atoms with van der Waals surface area (Å²) in [4.78, 5) is 12.2. The lowest BCUT2D eigenvalue weighted by Crippen LogP contribution is -2.53. The van der Waals surface area contributed by atoms with Crippen molar-refractivity contribution in [3.05, 3.63) is 35.9 Å². The molecule has 1 aromatic carbocycles. The Balaban J connectivity index is 1.94. The molecule has 2 rings (SSSR count). The number of carbonyl (C=O) groups is 1. The van der Waals surface area contributed by atoms with Gasteiger partial charge >= 0.3 is 5.97 Å². The van der Waals surface area contributed by atoms with Crippen LogP contribution in [-0.2, 0) is 15.3 Å². The highest BCUT2D eigenvalue weighted by molar-refractivity contribution is 7.99. The number of ether oxygens (including phenoxy) is 1. The molecule has 1 fully saturated rings. The minimum atomic E-state index is -0.489. The minimum Gasteiger partial charge on any atom is -0.468 e. The van der Waals surface area contributed by atoms with Crippen LogP contribution in [0.3, 0.4) is 0 Å². The quantitative estimate of drug-likeness (QED) is 0.818. The molecule has 1 N–H and O–H groups in total. The molecule has 2 atom stereocenters. The second-order valence-corrected chi connectivity index (χ2v) is 7.32. The van der Waals surface area contributed by atoms with Crippen LogP contribution in [0.4, 0.5) is 0 Å². The lowest BCUT2D eigenvalue weighted by atomic mass is 9.96. The van der Waals surface area contributed by atoms with Crippen molar-refractivity contribution < 1.29 is 9.53 Å². The molecule has 1 aliphatic carbocycles. The fraction of sp³-hybridized carbons (Fsp3) is 0.588. The van der Waals surface area contributed by atoms with E-state index in [9.17, 15) is 4.79 Å². The molecule has 116 valence electrons. The van der Waals surface area contributed by atoms with E-state index in [-0.39, 0.29) is 12.0 Å². The topological polar surface area (TPSA) is 38.3 Å². The third-order valence-electron chi connectivity index (χ3n) is 3.94. The molecule has 4 heteroatoms. The van der Waals surface area contributed by atoms with Gasteiger partial charge in [-0.1, -0.05) is 30.3 Å². The zero-order valence-corrected chi connectivity index (χ0v) is 13.9. The van der Waals surface area contributed by atoms with Gasteiger partial charge in [0, 0.05) is 17.0 Å². The van der Waals surface area contributed by atoms with Crippen molar-refractivity contribution in [3.63, 3.8) is 0 Å². The van der Waals surface area contributed by atoms with Gasteiger partial charge in [-0.2, -0.15) is 11.8 Å². The van der Waals surface area contributed by atoms with Crippen LogP contribution in [0.15, 0.2) is 30.3 Å². The number of hydrogen-bond acceptors (Lipinski definition) is 4. The predicted octanol–water partition coefficient (Wildman–Crippen LogP) is 3.38. The first-order valence-corrected chi connectivity index (χ1v) is 8.62. The van der Waals surface area contributed by atoms with E-state index in [1.54, 1.807) is 0 Å². The van der Waals surface area contributed by atoms with Gasteiger partial charge in [0.2, 0.25) is 0 Å². The number of carbonyl (C=O) groups excluding carboxylic acids is 1. The van der Waals surface area contributed by atoms with Gasteiger partial charge in [-0.05, 0) is 38.7 Å². The van der Waals surface area contributed by atoms with E-state index in [2.05, 4.69) is 43.4 Å². The van der Waals surface area contributed by atoms with Crippen LogP contribution < -0.4 is 5.32 Å². The Labute approximate surface area is 131 Å². The largest absolute Gasteiger partial charge is 0.468 e. The van der Waals surface area contributed by atoms with Crippen LogP contribution in [-0.4, -0.2) is 29.9 Å². The van der Waals surface area contributed by atoms with E-state index in [0.29, 0.717) is 5.25 Å². The van der Waals surface area contributed by atoms with Crippen LogP contribution >= 0.6 is 11.8 Å². The van der Waals surface area contributed by atoms with Crippen molar-refractivity contribution in [1.29, 1.82) is 0 Å². The number of rotatable bonds is 6. The molecule has 0 saturated heterocycles. The van der Waals surface area contributed by atoms with Crippen LogP contribution in [0.2, 0.25) is 0 Å². The molecule has 2 unspecified atom stereocenters. The van der Waals surface area contributed by atoms with E-state index >= 15 is 0 Å². The molecule has 0 aliphatic heterocycles. The van der Waals surface area contributed by atoms with Crippen LogP contribution in [0.1, 0.15) is 38.7 Å². The van der Waals surface area contributed by atoms with Crippen molar-refractivity contribution in [2.45, 2.75) is 55.7 Å². The summed E-state index contributed by atoms with van der Waals surface area (Å²) in [6.45, 7) is 4.16. The van der Waals surface area contributed by atoms with Gasteiger partial charge in [0.15, 0.2) is 0 Å². The average Bonchev–Trinajstić information content (AvgIpc) is 2.89. The number of benzene rings is 1. The first-order valence-electron chi connectivity index (χ1n) is 7.57. The summed E-state index contributed by atoms with van der Waals surface area (Å²) in [5, 5.41) is 3.96. The molecule has 0 radical (unpaired) electrons. The molecule has 0 bridgehead atoms. The maximum absolute atomic E-state index is 12.2. The van der Waals surface area contributed by atoms with E-state index in [0.717, 1.165) is 25.0 Å². The van der Waals surface area contributed by atoms with E-state index in [1.165, 1.54) is 12.7 Å². The Bertz CT molecular complexity index is 463. The van der Waals surface area contributed by atoms with E-state index in [1.807, 2.05) is 17.8 Å². The summed E-state index contributed by atoms with van der Waals surface area (Å²) < 4.78 is 5.04. The molecule has 21 heavy (non-hydrogen) atoms. The van der Waals surface area contributed by atoms with Gasteiger partial charge in [0.25, 0.3) is 0 Å². The second kappa shape index (κ2) is 7.32. The van der Waals surface area contributed by atoms with E-state index in [4.69, 9.17) is 4.74 Å². The summed E-state index contributed by atoms with van der Waals surface area (Å²) in [5.74, 6) is 0.892. The Hall–Kier alpha value is -1.00. The molecule has 1 aromatic rings. The number of methoxy groups -OCH3 is 1. The zero-order valence-electron chi connectivity index (χ0n) is 13.1. The maximum atomic E-state index is 12.2. The lowest BCUT2D eigenvalue weighted by molar-refractivity contribution is -0.148. The van der Waals surface area contributed by atoms with Gasteiger partial charge in [-0.25, -0.2) is 0 Å². The molecule has 3 nitrogen and oxygen atoms in total. The summed E-state index contributed by atoms with van der Waals surface area (Å²) in [5.41, 5.74) is 0.854. The van der Waals surface area contributed by atoms with Crippen molar-refractivity contribution in [1.82, 2.24) is 5.32 Å². The van der Waals surface area contributed by atoms with Gasteiger partial charge in [0.05, 0.1) is 7.11 Å². The van der Waals surface area contributed by atoms with Crippen molar-refractivity contribution >= 4 is 17.7 Å². The third-order valence-corrected chi connectivity index (χ3v) is 5.31. The highest BCUT2D eigenvalue weighted by Gasteiger charge is 2.46. The third kappa shape index (κ3) is 4.24. The Morgan fingerprint density at radius 3 is 2.76 bits per heavy atom. The van der Waals surface area contributed by atoms with Crippen molar-refractivity contribution in [3.8, 4) is 0 Å². The summed E-state index contributed by atoms with van der Waals surface area (Å²) in [6, 6.07) is 10.8. The van der Waals surface area contributed by atoms with Crippen molar-refractivity contribution in [2.75, 3.05) is 7.11 Å². The zero-order chi connectivity index (χ0) is 15.3. The van der Waals surface area contributed by atoms with Crippen LogP contribution in [0, 0.1) is 0 Å². The number of nitrogens with one attached hydrogen (secondary N) is 1. The smallest absolute Gasteiger partial charge is 0.326 e. The first-order chi connectivity index (χ1) is 10.1. The number of hydrogen-bond donors (Lipinski definition) is 1. The molecule has 1 aliphatic rings. The lowest BCUT2D eigenvalue weighted by Gasteiger charge is -2.30. The normalized spacial score (nSPS) is 25.2. The predicted molar refractivity (Wildman–Crippen MR) is 88.4 cm³/mol. The molecule has 0 aromatic heterocycles. The Kier molecular flexibility index (Phi) is 5.71. The summed E-state index contributed by atoms with van der Waals surface area (Å²) in [7, 11) is 1.48. The van der Waals surface area contributed by atoms with Crippen LogP contribution in [0.25, 0.3) is 0 Å². The maximum Gasteiger partial charge on any atom is 0.326 e. The molecule has 0 heterocycles. The molecule has 0 amide bonds.